The third kappa shape index (κ3) is 3.57. The van der Waals surface area contributed by atoms with Crippen LogP contribution < -0.4 is 5.32 Å². The molecule has 0 aliphatic carbocycles. The van der Waals surface area contributed by atoms with Crippen LogP contribution >= 0.6 is 22.9 Å². The Balaban J connectivity index is 2.04. The van der Waals surface area contributed by atoms with Crippen molar-refractivity contribution >= 4 is 22.9 Å². The van der Waals surface area contributed by atoms with E-state index in [1.165, 1.54) is 15.3 Å². The van der Waals surface area contributed by atoms with E-state index in [2.05, 4.69) is 37.3 Å². The quantitative estimate of drug-likeness (QED) is 0.911. The van der Waals surface area contributed by atoms with Gasteiger partial charge in [-0.2, -0.15) is 5.10 Å². The van der Waals surface area contributed by atoms with Crippen LogP contribution in [-0.4, -0.2) is 15.8 Å². The second kappa shape index (κ2) is 5.87. The Hall–Kier alpha value is -0.840. The molecule has 2 rings (SSSR count). The van der Waals surface area contributed by atoms with Crippen LogP contribution in [0, 0.1) is 6.92 Å². The third-order valence-corrected chi connectivity index (χ3v) is 3.98. The lowest BCUT2D eigenvalue weighted by Crippen LogP contribution is -2.21. The Morgan fingerprint density at radius 1 is 1.50 bits per heavy atom. The molecule has 98 valence electrons. The van der Waals surface area contributed by atoms with Crippen LogP contribution in [0.4, 0.5) is 0 Å². The summed E-state index contributed by atoms with van der Waals surface area (Å²) in [6.45, 7) is 8.20. The number of hydrogen-bond acceptors (Lipinski definition) is 3. The smallest absolute Gasteiger partial charge is 0.0785 e. The van der Waals surface area contributed by atoms with Crippen LogP contribution in [0.3, 0.4) is 0 Å². The number of nitrogens with one attached hydrogen (secondary N) is 1. The van der Waals surface area contributed by atoms with Crippen molar-refractivity contribution in [2.45, 2.75) is 39.9 Å². The molecule has 3 nitrogen and oxygen atoms in total. The number of halogens is 1. The van der Waals surface area contributed by atoms with Crippen LogP contribution in [0.5, 0.6) is 0 Å². The standard InChI is InChI=1S/C13H18ClN3S/c1-9(2)15-6-13-4-11(10(3)18-13)7-17-8-12(14)5-16-17/h4-5,8-9,15H,6-7H2,1-3H3. The molecule has 2 aromatic heterocycles. The van der Waals surface area contributed by atoms with Gasteiger partial charge in [0.05, 0.1) is 17.8 Å². The molecule has 0 atom stereocenters. The fourth-order valence-corrected chi connectivity index (χ4v) is 2.90. The predicted molar refractivity (Wildman–Crippen MR) is 77.4 cm³/mol. The van der Waals surface area contributed by atoms with E-state index >= 15 is 0 Å². The average molecular weight is 284 g/mol. The highest BCUT2D eigenvalue weighted by atomic mass is 35.5. The maximum Gasteiger partial charge on any atom is 0.0785 e. The van der Waals surface area contributed by atoms with Gasteiger partial charge in [-0.3, -0.25) is 4.68 Å². The molecule has 0 bridgehead atoms. The van der Waals surface area contributed by atoms with Gasteiger partial charge in [-0.05, 0) is 18.6 Å². The van der Waals surface area contributed by atoms with E-state index in [4.69, 9.17) is 11.6 Å². The maximum absolute atomic E-state index is 5.87. The largest absolute Gasteiger partial charge is 0.310 e. The van der Waals surface area contributed by atoms with Crippen molar-refractivity contribution in [2.24, 2.45) is 0 Å². The van der Waals surface area contributed by atoms with Crippen molar-refractivity contribution < 1.29 is 0 Å². The molecule has 2 aromatic rings. The number of rotatable bonds is 5. The van der Waals surface area contributed by atoms with E-state index in [1.807, 2.05) is 22.2 Å². The number of hydrogen-bond donors (Lipinski definition) is 1. The first-order valence-corrected chi connectivity index (χ1v) is 7.23. The zero-order valence-corrected chi connectivity index (χ0v) is 12.5. The summed E-state index contributed by atoms with van der Waals surface area (Å²) in [5, 5.41) is 8.33. The minimum Gasteiger partial charge on any atom is -0.310 e. The monoisotopic (exact) mass is 283 g/mol. The van der Waals surface area contributed by atoms with E-state index < -0.39 is 0 Å². The van der Waals surface area contributed by atoms with E-state index in [0.717, 1.165) is 13.1 Å². The summed E-state index contributed by atoms with van der Waals surface area (Å²) >= 11 is 7.71. The van der Waals surface area contributed by atoms with Crippen molar-refractivity contribution in [3.63, 3.8) is 0 Å². The van der Waals surface area contributed by atoms with Crippen molar-refractivity contribution in [1.29, 1.82) is 0 Å². The summed E-state index contributed by atoms with van der Waals surface area (Å²) in [5.74, 6) is 0. The molecule has 2 heterocycles. The number of aromatic nitrogens is 2. The van der Waals surface area contributed by atoms with Crippen molar-refractivity contribution in [3.8, 4) is 0 Å². The van der Waals surface area contributed by atoms with Crippen LogP contribution in [0.25, 0.3) is 0 Å². The zero-order chi connectivity index (χ0) is 13.1. The lowest BCUT2D eigenvalue weighted by atomic mass is 10.2. The zero-order valence-electron chi connectivity index (χ0n) is 10.9. The van der Waals surface area contributed by atoms with E-state index in [9.17, 15) is 0 Å². The van der Waals surface area contributed by atoms with E-state index in [0.29, 0.717) is 11.1 Å². The van der Waals surface area contributed by atoms with Gasteiger partial charge in [0.25, 0.3) is 0 Å². The van der Waals surface area contributed by atoms with Crippen LogP contribution in [0.2, 0.25) is 5.02 Å². The predicted octanol–water partition coefficient (Wildman–Crippen LogP) is 3.45. The molecule has 0 radical (unpaired) electrons. The van der Waals surface area contributed by atoms with E-state index in [1.54, 1.807) is 6.20 Å². The highest BCUT2D eigenvalue weighted by Gasteiger charge is 2.07. The second-order valence-electron chi connectivity index (χ2n) is 4.69. The Bertz CT molecular complexity index is 516. The highest BCUT2D eigenvalue weighted by Crippen LogP contribution is 2.22. The molecule has 0 amide bonds. The third-order valence-electron chi connectivity index (χ3n) is 2.69. The molecule has 0 fully saturated rings. The second-order valence-corrected chi connectivity index (χ2v) is 6.46. The van der Waals surface area contributed by atoms with Gasteiger partial charge >= 0.3 is 0 Å². The molecule has 0 aliphatic heterocycles. The average Bonchev–Trinajstić information content (AvgIpc) is 2.84. The fourth-order valence-electron chi connectivity index (χ4n) is 1.74. The normalized spacial score (nSPS) is 11.4. The Morgan fingerprint density at radius 3 is 2.89 bits per heavy atom. The van der Waals surface area contributed by atoms with Gasteiger partial charge in [-0.25, -0.2) is 0 Å². The van der Waals surface area contributed by atoms with Gasteiger partial charge in [-0.15, -0.1) is 11.3 Å². The summed E-state index contributed by atoms with van der Waals surface area (Å²) in [5.41, 5.74) is 1.32. The molecule has 0 saturated carbocycles. The lowest BCUT2D eigenvalue weighted by molar-refractivity contribution is 0.593. The van der Waals surface area contributed by atoms with Crippen molar-refractivity contribution in [1.82, 2.24) is 15.1 Å². The summed E-state index contributed by atoms with van der Waals surface area (Å²) in [7, 11) is 0. The first-order valence-electron chi connectivity index (χ1n) is 6.04. The van der Waals surface area contributed by atoms with Crippen LogP contribution in [0.1, 0.15) is 29.2 Å². The van der Waals surface area contributed by atoms with Crippen molar-refractivity contribution in [3.05, 3.63) is 38.8 Å². The van der Waals surface area contributed by atoms with Gasteiger partial charge < -0.3 is 5.32 Å². The first-order chi connectivity index (χ1) is 8.54. The maximum atomic E-state index is 5.87. The van der Waals surface area contributed by atoms with Crippen LogP contribution in [0.15, 0.2) is 18.5 Å². The summed E-state index contributed by atoms with van der Waals surface area (Å²) in [4.78, 5) is 2.72. The molecule has 0 saturated heterocycles. The molecule has 18 heavy (non-hydrogen) atoms. The topological polar surface area (TPSA) is 29.9 Å². The minimum absolute atomic E-state index is 0.515. The first kappa shape index (κ1) is 13.6. The van der Waals surface area contributed by atoms with Crippen molar-refractivity contribution in [2.75, 3.05) is 0 Å². The summed E-state index contributed by atoms with van der Waals surface area (Å²) in [6.07, 6.45) is 3.52. The lowest BCUT2D eigenvalue weighted by Gasteiger charge is -2.05. The molecule has 0 aliphatic rings. The molecular formula is C13H18ClN3S. The molecule has 0 spiro atoms. The number of nitrogens with zero attached hydrogens (tertiary/aromatic N) is 2. The number of aryl methyl sites for hydroxylation is 1. The molecule has 1 N–H and O–H groups in total. The highest BCUT2D eigenvalue weighted by molar-refractivity contribution is 7.12. The van der Waals surface area contributed by atoms with Crippen LogP contribution in [-0.2, 0) is 13.1 Å². The Kier molecular flexibility index (Phi) is 4.43. The summed E-state index contributed by atoms with van der Waals surface area (Å²) in [6, 6.07) is 2.77. The van der Waals surface area contributed by atoms with Gasteiger partial charge in [0, 0.05) is 28.5 Å². The SMILES string of the molecule is Cc1sc(CNC(C)C)cc1Cn1cc(Cl)cn1. The van der Waals surface area contributed by atoms with E-state index in [-0.39, 0.29) is 0 Å². The van der Waals surface area contributed by atoms with Gasteiger partial charge in [0.2, 0.25) is 0 Å². The molecule has 0 unspecified atom stereocenters. The van der Waals surface area contributed by atoms with Gasteiger partial charge in [0.15, 0.2) is 0 Å². The summed E-state index contributed by atoms with van der Waals surface area (Å²) < 4.78 is 1.87. The molecule has 0 aromatic carbocycles. The molecule has 5 heteroatoms. The Morgan fingerprint density at radius 2 is 2.28 bits per heavy atom. The fraction of sp³-hybridized carbons (Fsp3) is 0.462. The van der Waals surface area contributed by atoms with Gasteiger partial charge in [0.1, 0.15) is 0 Å². The van der Waals surface area contributed by atoms with Gasteiger partial charge in [-0.1, -0.05) is 25.4 Å². The minimum atomic E-state index is 0.515. The Labute approximate surface area is 117 Å². The number of thiophene rings is 1. The molecular weight excluding hydrogens is 266 g/mol.